The zero-order valence-electron chi connectivity index (χ0n) is 7.90. The molecule has 0 aromatic carbocycles. The predicted molar refractivity (Wildman–Crippen MR) is 50.4 cm³/mol. The molecule has 1 aliphatic rings. The Morgan fingerprint density at radius 2 is 2.29 bits per heavy atom. The fourth-order valence-corrected chi connectivity index (χ4v) is 1.60. The molecule has 4 nitrogen and oxygen atoms in total. The van der Waals surface area contributed by atoms with Crippen LogP contribution in [0.5, 0.6) is 0 Å². The summed E-state index contributed by atoms with van der Waals surface area (Å²) in [5.74, 6) is 0.874. The van der Waals surface area contributed by atoms with Gasteiger partial charge in [0.2, 0.25) is 5.91 Å². The number of carboxylic acid groups (broad SMARTS) is 1. The van der Waals surface area contributed by atoms with Crippen LogP contribution in [0, 0.1) is 18.3 Å². The maximum Gasteiger partial charge on any atom is 0.308 e. The number of carboxylic acids is 1. The average molecular weight is 195 g/mol. The molecule has 0 spiro atoms. The van der Waals surface area contributed by atoms with Crippen LogP contribution in [0.2, 0.25) is 0 Å². The second-order valence-corrected chi connectivity index (χ2v) is 3.40. The summed E-state index contributed by atoms with van der Waals surface area (Å²) in [6.07, 6.45) is 6.47. The minimum absolute atomic E-state index is 0.0618. The molecule has 14 heavy (non-hydrogen) atoms. The maximum atomic E-state index is 11.4. The van der Waals surface area contributed by atoms with Gasteiger partial charge in [-0.3, -0.25) is 9.59 Å². The van der Waals surface area contributed by atoms with Crippen molar-refractivity contribution in [2.24, 2.45) is 5.92 Å². The fourth-order valence-electron chi connectivity index (χ4n) is 1.60. The number of hydrogen-bond acceptors (Lipinski definition) is 2. The highest BCUT2D eigenvalue weighted by Gasteiger charge is 2.27. The molecule has 1 N–H and O–H groups in total. The summed E-state index contributed by atoms with van der Waals surface area (Å²) in [6.45, 7) is 0.931. The van der Waals surface area contributed by atoms with Gasteiger partial charge >= 0.3 is 5.97 Å². The van der Waals surface area contributed by atoms with Crippen LogP contribution in [0.4, 0.5) is 0 Å². The maximum absolute atomic E-state index is 11.4. The standard InChI is InChI=1S/C10H13NO3/c1-2-4-9(12)11-6-3-5-8(7-11)10(13)14/h1,8H,3-7H2,(H,13,14). The largest absolute Gasteiger partial charge is 0.481 e. The van der Waals surface area contributed by atoms with E-state index in [0.29, 0.717) is 19.5 Å². The number of rotatable bonds is 2. The van der Waals surface area contributed by atoms with Crippen molar-refractivity contribution in [1.82, 2.24) is 4.90 Å². The smallest absolute Gasteiger partial charge is 0.308 e. The highest BCUT2D eigenvalue weighted by molar-refractivity contribution is 5.79. The van der Waals surface area contributed by atoms with Crippen molar-refractivity contribution in [1.29, 1.82) is 0 Å². The SMILES string of the molecule is C#CCC(=O)N1CCCC(C(=O)O)C1. The summed E-state index contributed by atoms with van der Waals surface area (Å²) in [6, 6.07) is 0. The molecule has 1 heterocycles. The number of terminal acetylenes is 1. The first-order valence-corrected chi connectivity index (χ1v) is 4.59. The molecule has 0 aromatic rings. The highest BCUT2D eigenvalue weighted by atomic mass is 16.4. The highest BCUT2D eigenvalue weighted by Crippen LogP contribution is 2.16. The molecule has 76 valence electrons. The van der Waals surface area contributed by atoms with E-state index in [9.17, 15) is 9.59 Å². The number of amides is 1. The molecule has 1 atom stereocenters. The fraction of sp³-hybridized carbons (Fsp3) is 0.600. The van der Waals surface area contributed by atoms with Crippen LogP contribution in [0.3, 0.4) is 0 Å². The summed E-state index contributed by atoms with van der Waals surface area (Å²) in [5, 5.41) is 8.79. The van der Waals surface area contributed by atoms with Gasteiger partial charge in [-0.25, -0.2) is 0 Å². The molecule has 1 unspecified atom stereocenters. The Morgan fingerprint density at radius 3 is 2.86 bits per heavy atom. The number of carbonyl (C=O) groups is 2. The lowest BCUT2D eigenvalue weighted by Gasteiger charge is -2.30. The third-order valence-electron chi connectivity index (χ3n) is 2.38. The molecule has 1 saturated heterocycles. The topological polar surface area (TPSA) is 57.6 Å². The second-order valence-electron chi connectivity index (χ2n) is 3.40. The van der Waals surface area contributed by atoms with Gasteiger partial charge < -0.3 is 10.0 Å². The molecule has 1 rings (SSSR count). The van der Waals surface area contributed by atoms with Crippen LogP contribution in [0.15, 0.2) is 0 Å². The first kappa shape index (κ1) is 10.6. The Morgan fingerprint density at radius 1 is 1.57 bits per heavy atom. The predicted octanol–water partition coefficient (Wildman–Crippen LogP) is 0.333. The Kier molecular flexibility index (Phi) is 3.52. The van der Waals surface area contributed by atoms with Gasteiger partial charge in [-0.05, 0) is 12.8 Å². The Hall–Kier alpha value is -1.50. The lowest BCUT2D eigenvalue weighted by Crippen LogP contribution is -2.42. The van der Waals surface area contributed by atoms with Gasteiger partial charge in [-0.1, -0.05) is 5.92 Å². The molecule has 0 bridgehead atoms. The molecule has 1 amide bonds. The van der Waals surface area contributed by atoms with E-state index in [1.807, 2.05) is 0 Å². The average Bonchev–Trinajstić information content (AvgIpc) is 2.18. The van der Waals surface area contributed by atoms with Crippen molar-refractivity contribution >= 4 is 11.9 Å². The Balaban J connectivity index is 2.52. The van der Waals surface area contributed by atoms with Crippen molar-refractivity contribution < 1.29 is 14.7 Å². The molecule has 0 aliphatic carbocycles. The lowest BCUT2D eigenvalue weighted by molar-refractivity contribution is -0.145. The third-order valence-corrected chi connectivity index (χ3v) is 2.38. The quantitative estimate of drug-likeness (QED) is 0.646. The van der Waals surface area contributed by atoms with Crippen LogP contribution in [-0.2, 0) is 9.59 Å². The van der Waals surface area contributed by atoms with Gasteiger partial charge in [0.05, 0.1) is 12.3 Å². The third kappa shape index (κ3) is 2.49. The van der Waals surface area contributed by atoms with Crippen molar-refractivity contribution in [3.8, 4) is 12.3 Å². The second kappa shape index (κ2) is 4.66. The number of hydrogen-bond donors (Lipinski definition) is 1. The van der Waals surface area contributed by atoms with Gasteiger partial charge in [0.1, 0.15) is 0 Å². The van der Waals surface area contributed by atoms with Crippen LogP contribution in [0.25, 0.3) is 0 Å². The van der Waals surface area contributed by atoms with Crippen LogP contribution in [0.1, 0.15) is 19.3 Å². The molecular formula is C10H13NO3. The summed E-state index contributed by atoms with van der Waals surface area (Å²) >= 11 is 0. The summed E-state index contributed by atoms with van der Waals surface area (Å²) in [7, 11) is 0. The van der Waals surface area contributed by atoms with Crippen LogP contribution >= 0.6 is 0 Å². The van der Waals surface area contributed by atoms with E-state index in [2.05, 4.69) is 5.92 Å². The number of aliphatic carboxylic acids is 1. The van der Waals surface area contributed by atoms with Crippen molar-refractivity contribution in [2.45, 2.75) is 19.3 Å². The normalized spacial score (nSPS) is 21.4. The minimum Gasteiger partial charge on any atom is -0.481 e. The van der Waals surface area contributed by atoms with Crippen molar-refractivity contribution in [3.63, 3.8) is 0 Å². The molecule has 0 saturated carbocycles. The Bertz CT molecular complexity index is 280. The van der Waals surface area contributed by atoms with E-state index >= 15 is 0 Å². The number of likely N-dealkylation sites (tertiary alicyclic amines) is 1. The zero-order valence-corrected chi connectivity index (χ0v) is 7.90. The van der Waals surface area contributed by atoms with Gasteiger partial charge in [-0.15, -0.1) is 6.42 Å². The van der Waals surface area contributed by atoms with Crippen molar-refractivity contribution in [2.75, 3.05) is 13.1 Å². The van der Waals surface area contributed by atoms with E-state index < -0.39 is 11.9 Å². The van der Waals surface area contributed by atoms with Gasteiger partial charge in [-0.2, -0.15) is 0 Å². The lowest BCUT2D eigenvalue weighted by atomic mass is 9.98. The Labute approximate surface area is 82.9 Å². The molecule has 1 fully saturated rings. The monoisotopic (exact) mass is 195 g/mol. The molecule has 4 heteroatoms. The van der Waals surface area contributed by atoms with Gasteiger partial charge in [0.25, 0.3) is 0 Å². The van der Waals surface area contributed by atoms with Gasteiger partial charge in [0, 0.05) is 13.1 Å². The van der Waals surface area contributed by atoms with E-state index in [0.717, 1.165) is 6.42 Å². The summed E-state index contributed by atoms with van der Waals surface area (Å²) < 4.78 is 0. The molecule has 0 aromatic heterocycles. The summed E-state index contributed by atoms with van der Waals surface area (Å²) in [5.41, 5.74) is 0. The zero-order chi connectivity index (χ0) is 10.6. The first-order valence-electron chi connectivity index (χ1n) is 4.59. The van der Waals surface area contributed by atoms with Crippen molar-refractivity contribution in [3.05, 3.63) is 0 Å². The molecule has 0 radical (unpaired) electrons. The first-order chi connectivity index (χ1) is 6.65. The molecular weight excluding hydrogens is 182 g/mol. The van der Waals surface area contributed by atoms with Crippen LogP contribution in [-0.4, -0.2) is 35.0 Å². The summed E-state index contributed by atoms with van der Waals surface area (Å²) in [4.78, 5) is 23.6. The number of piperidine rings is 1. The van der Waals surface area contributed by atoms with Gasteiger partial charge in [0.15, 0.2) is 0 Å². The number of carbonyl (C=O) groups excluding carboxylic acids is 1. The van der Waals surface area contributed by atoms with Crippen LogP contribution < -0.4 is 0 Å². The van der Waals surface area contributed by atoms with E-state index in [-0.39, 0.29) is 12.3 Å². The minimum atomic E-state index is -0.830. The van der Waals surface area contributed by atoms with E-state index in [4.69, 9.17) is 11.5 Å². The van der Waals surface area contributed by atoms with E-state index in [1.54, 1.807) is 4.90 Å². The van der Waals surface area contributed by atoms with E-state index in [1.165, 1.54) is 0 Å². The molecule has 1 aliphatic heterocycles. The number of nitrogens with zero attached hydrogens (tertiary/aromatic N) is 1.